The largest absolute Gasteiger partial charge is 0.284 e. The third-order valence-electron chi connectivity index (χ3n) is 2.40. The molecule has 2 rings (SSSR count). The molecule has 0 unspecified atom stereocenters. The first-order valence-electron chi connectivity index (χ1n) is 4.75. The predicted octanol–water partition coefficient (Wildman–Crippen LogP) is 2.09. The van der Waals surface area contributed by atoms with Crippen molar-refractivity contribution >= 4 is 15.9 Å². The highest BCUT2D eigenvalue weighted by Crippen LogP contribution is 2.11. The van der Waals surface area contributed by atoms with Crippen molar-refractivity contribution in [3.05, 3.63) is 16.9 Å². The van der Waals surface area contributed by atoms with Crippen molar-refractivity contribution in [3.63, 3.8) is 0 Å². The zero-order chi connectivity index (χ0) is 9.10. The second kappa shape index (κ2) is 4.24. The Morgan fingerprint density at radius 3 is 2.69 bits per heavy atom. The van der Waals surface area contributed by atoms with Gasteiger partial charge in [0.2, 0.25) is 0 Å². The summed E-state index contributed by atoms with van der Waals surface area (Å²) in [6.45, 7) is 3.38. The molecule has 1 aromatic heterocycles. The maximum atomic E-state index is 4.24. The van der Waals surface area contributed by atoms with Gasteiger partial charge in [-0.25, -0.2) is 0 Å². The zero-order valence-corrected chi connectivity index (χ0v) is 9.20. The van der Waals surface area contributed by atoms with E-state index in [2.05, 4.69) is 25.9 Å². The first kappa shape index (κ1) is 9.21. The van der Waals surface area contributed by atoms with E-state index < -0.39 is 0 Å². The average Bonchev–Trinajstić information content (AvgIpc) is 2.53. The monoisotopic (exact) mass is 243 g/mol. The van der Waals surface area contributed by atoms with Crippen molar-refractivity contribution in [2.75, 3.05) is 13.1 Å². The third kappa shape index (κ3) is 2.54. The van der Waals surface area contributed by atoms with E-state index in [1.165, 1.54) is 32.4 Å². The van der Waals surface area contributed by atoms with E-state index in [1.54, 1.807) is 0 Å². The number of hydrogen-bond donors (Lipinski definition) is 0. The van der Waals surface area contributed by atoms with Gasteiger partial charge >= 0.3 is 0 Å². The lowest BCUT2D eigenvalue weighted by Gasteiger charge is -2.25. The molecule has 1 aromatic rings. The van der Waals surface area contributed by atoms with Crippen molar-refractivity contribution in [3.8, 4) is 0 Å². The highest BCUT2D eigenvalue weighted by molar-refractivity contribution is 9.10. The van der Waals surface area contributed by atoms with Crippen LogP contribution >= 0.6 is 15.9 Å². The maximum Gasteiger partial charge on any atom is 0.0929 e. The van der Waals surface area contributed by atoms with E-state index in [4.69, 9.17) is 0 Å². The normalized spacial score (nSPS) is 19.2. The number of aromatic nitrogens is 2. The molecule has 0 radical (unpaired) electrons. The Morgan fingerprint density at radius 2 is 2.08 bits per heavy atom. The van der Waals surface area contributed by atoms with Gasteiger partial charge in [-0.1, -0.05) is 6.42 Å². The van der Waals surface area contributed by atoms with Gasteiger partial charge in [0.25, 0.3) is 0 Å². The molecule has 2 heterocycles. The summed E-state index contributed by atoms with van der Waals surface area (Å²) < 4.78 is 3.04. The van der Waals surface area contributed by atoms with Crippen molar-refractivity contribution in [1.29, 1.82) is 0 Å². The smallest absolute Gasteiger partial charge is 0.0929 e. The number of piperidine rings is 1. The van der Waals surface area contributed by atoms with Crippen LogP contribution in [0.15, 0.2) is 16.9 Å². The van der Waals surface area contributed by atoms with Crippen LogP contribution in [0, 0.1) is 0 Å². The van der Waals surface area contributed by atoms with Gasteiger partial charge in [0.05, 0.1) is 17.3 Å². The molecule has 13 heavy (non-hydrogen) atoms. The molecule has 0 saturated carbocycles. The molecule has 0 spiro atoms. The van der Waals surface area contributed by atoms with Crippen LogP contribution < -0.4 is 0 Å². The van der Waals surface area contributed by atoms with Gasteiger partial charge in [0, 0.05) is 6.20 Å². The molecule has 0 aliphatic carbocycles. The van der Waals surface area contributed by atoms with Crippen molar-refractivity contribution in [1.82, 2.24) is 14.7 Å². The summed E-state index contributed by atoms with van der Waals surface area (Å²) in [5, 5.41) is 4.24. The lowest BCUT2D eigenvalue weighted by molar-refractivity contribution is 0.173. The van der Waals surface area contributed by atoms with Gasteiger partial charge < -0.3 is 0 Å². The van der Waals surface area contributed by atoms with Crippen LogP contribution in [0.1, 0.15) is 19.3 Å². The number of halogens is 1. The van der Waals surface area contributed by atoms with Crippen LogP contribution in [0.2, 0.25) is 0 Å². The quantitative estimate of drug-likeness (QED) is 0.794. The summed E-state index contributed by atoms with van der Waals surface area (Å²) in [7, 11) is 0. The molecule has 1 fully saturated rings. The van der Waals surface area contributed by atoms with Gasteiger partial charge in [0.15, 0.2) is 0 Å². The molecule has 72 valence electrons. The van der Waals surface area contributed by atoms with Crippen molar-refractivity contribution in [2.45, 2.75) is 25.9 Å². The Bertz CT molecular complexity index is 266. The number of nitrogens with zero attached hydrogens (tertiary/aromatic N) is 3. The summed E-state index contributed by atoms with van der Waals surface area (Å²) in [6.07, 6.45) is 7.92. The standard InChI is InChI=1S/C9H14BrN3/c10-9-6-11-13(7-9)8-12-4-2-1-3-5-12/h6-7H,1-5,8H2. The van der Waals surface area contributed by atoms with Crippen LogP contribution in [0.25, 0.3) is 0 Å². The molecular weight excluding hydrogens is 230 g/mol. The number of hydrogen-bond acceptors (Lipinski definition) is 2. The van der Waals surface area contributed by atoms with Crippen LogP contribution in [0.3, 0.4) is 0 Å². The summed E-state index contributed by atoms with van der Waals surface area (Å²) in [4.78, 5) is 2.45. The Kier molecular flexibility index (Phi) is 3.01. The zero-order valence-electron chi connectivity index (χ0n) is 7.62. The minimum absolute atomic E-state index is 0.936. The summed E-state index contributed by atoms with van der Waals surface area (Å²) in [6, 6.07) is 0. The Hall–Kier alpha value is -0.350. The summed E-state index contributed by atoms with van der Waals surface area (Å²) in [5.41, 5.74) is 0. The topological polar surface area (TPSA) is 21.1 Å². The predicted molar refractivity (Wildman–Crippen MR) is 55.4 cm³/mol. The first-order valence-corrected chi connectivity index (χ1v) is 5.54. The van der Waals surface area contributed by atoms with Gasteiger partial charge in [-0.05, 0) is 41.9 Å². The minimum atomic E-state index is 0.936. The van der Waals surface area contributed by atoms with Gasteiger partial charge in [-0.3, -0.25) is 9.58 Å². The Balaban J connectivity index is 1.89. The second-order valence-corrected chi connectivity index (χ2v) is 4.43. The summed E-state index contributed by atoms with van der Waals surface area (Å²) in [5.74, 6) is 0. The molecule has 0 atom stereocenters. The SMILES string of the molecule is Brc1cnn(CN2CCCCC2)c1. The molecule has 4 heteroatoms. The molecule has 0 N–H and O–H groups in total. The van der Waals surface area contributed by atoms with Crippen LogP contribution in [-0.4, -0.2) is 27.8 Å². The van der Waals surface area contributed by atoms with E-state index in [0.29, 0.717) is 0 Å². The maximum absolute atomic E-state index is 4.24. The third-order valence-corrected chi connectivity index (χ3v) is 2.80. The lowest BCUT2D eigenvalue weighted by Crippen LogP contribution is -2.31. The first-order chi connectivity index (χ1) is 6.34. The van der Waals surface area contributed by atoms with E-state index in [9.17, 15) is 0 Å². The molecule has 1 aliphatic rings. The van der Waals surface area contributed by atoms with Crippen molar-refractivity contribution in [2.24, 2.45) is 0 Å². The second-order valence-electron chi connectivity index (χ2n) is 3.52. The van der Waals surface area contributed by atoms with E-state index in [-0.39, 0.29) is 0 Å². The molecule has 0 amide bonds. The molecule has 0 aromatic carbocycles. The highest BCUT2D eigenvalue weighted by atomic mass is 79.9. The Morgan fingerprint density at radius 1 is 1.31 bits per heavy atom. The minimum Gasteiger partial charge on any atom is -0.284 e. The average molecular weight is 244 g/mol. The van der Waals surface area contributed by atoms with E-state index >= 15 is 0 Å². The van der Waals surface area contributed by atoms with Crippen LogP contribution in [0.5, 0.6) is 0 Å². The Labute approximate surface area is 86.8 Å². The molecule has 0 bridgehead atoms. The van der Waals surface area contributed by atoms with Crippen LogP contribution in [-0.2, 0) is 6.67 Å². The van der Waals surface area contributed by atoms with Gasteiger partial charge in [-0.15, -0.1) is 0 Å². The highest BCUT2D eigenvalue weighted by Gasteiger charge is 2.10. The molecular formula is C9H14BrN3. The van der Waals surface area contributed by atoms with Gasteiger partial charge in [-0.2, -0.15) is 5.10 Å². The van der Waals surface area contributed by atoms with E-state index in [0.717, 1.165) is 11.1 Å². The fourth-order valence-corrected chi connectivity index (χ4v) is 2.05. The number of likely N-dealkylation sites (tertiary alicyclic amines) is 1. The summed E-state index contributed by atoms with van der Waals surface area (Å²) >= 11 is 3.40. The van der Waals surface area contributed by atoms with E-state index in [1.807, 2.05) is 17.1 Å². The molecule has 1 saturated heterocycles. The molecule has 3 nitrogen and oxygen atoms in total. The number of rotatable bonds is 2. The fraction of sp³-hybridized carbons (Fsp3) is 0.667. The lowest BCUT2D eigenvalue weighted by atomic mass is 10.1. The van der Waals surface area contributed by atoms with Crippen LogP contribution in [0.4, 0.5) is 0 Å². The fourth-order valence-electron chi connectivity index (χ4n) is 1.72. The molecule has 1 aliphatic heterocycles. The van der Waals surface area contributed by atoms with Crippen molar-refractivity contribution < 1.29 is 0 Å². The van der Waals surface area contributed by atoms with Gasteiger partial charge in [0.1, 0.15) is 0 Å².